The second-order valence-electron chi connectivity index (χ2n) is 5.96. The fourth-order valence-electron chi connectivity index (χ4n) is 2.74. The van der Waals surface area contributed by atoms with Gasteiger partial charge in [0.1, 0.15) is 5.75 Å². The molecule has 0 aliphatic rings. The number of aromatic hydroxyl groups is 1. The first-order chi connectivity index (χ1) is 13.2. The molecule has 1 aromatic heterocycles. The standard InChI is InChI=1S/C22H16BrN3O/c23-18-11-12-21(27)17(13-18)15-24-22-14-20(16-7-3-1-4-8-16)25-26(22)19-9-5-2-6-10-19/h1-15,27H/b24-15+. The molecular formula is C22H16BrN3O. The highest BCUT2D eigenvalue weighted by atomic mass is 79.9. The van der Waals surface area contributed by atoms with Crippen LogP contribution >= 0.6 is 15.9 Å². The van der Waals surface area contributed by atoms with Crippen molar-refractivity contribution in [1.29, 1.82) is 0 Å². The average Bonchev–Trinajstić information content (AvgIpc) is 3.14. The zero-order valence-corrected chi connectivity index (χ0v) is 15.9. The highest BCUT2D eigenvalue weighted by Gasteiger charge is 2.10. The van der Waals surface area contributed by atoms with Gasteiger partial charge in [-0.1, -0.05) is 64.5 Å². The van der Waals surface area contributed by atoms with Crippen molar-refractivity contribution in [3.8, 4) is 22.7 Å². The van der Waals surface area contributed by atoms with Crippen LogP contribution in [0.2, 0.25) is 0 Å². The van der Waals surface area contributed by atoms with Crippen molar-refractivity contribution < 1.29 is 5.11 Å². The Morgan fingerprint density at radius 1 is 0.889 bits per heavy atom. The Morgan fingerprint density at radius 2 is 1.59 bits per heavy atom. The van der Waals surface area contributed by atoms with E-state index in [-0.39, 0.29) is 5.75 Å². The number of rotatable bonds is 4. The van der Waals surface area contributed by atoms with Crippen molar-refractivity contribution in [3.05, 3.63) is 95.0 Å². The van der Waals surface area contributed by atoms with Gasteiger partial charge in [0.25, 0.3) is 0 Å². The largest absolute Gasteiger partial charge is 0.507 e. The van der Waals surface area contributed by atoms with Crippen molar-refractivity contribution in [2.75, 3.05) is 0 Å². The number of halogens is 1. The van der Waals surface area contributed by atoms with E-state index >= 15 is 0 Å². The fraction of sp³-hybridized carbons (Fsp3) is 0. The van der Waals surface area contributed by atoms with Crippen molar-refractivity contribution in [2.45, 2.75) is 0 Å². The van der Waals surface area contributed by atoms with Crippen LogP contribution in [0, 0.1) is 0 Å². The van der Waals surface area contributed by atoms with Crippen LogP contribution in [0.25, 0.3) is 16.9 Å². The lowest BCUT2D eigenvalue weighted by atomic mass is 10.1. The van der Waals surface area contributed by atoms with Crippen LogP contribution in [0.15, 0.2) is 94.4 Å². The summed E-state index contributed by atoms with van der Waals surface area (Å²) in [5.74, 6) is 0.857. The summed E-state index contributed by atoms with van der Waals surface area (Å²) in [7, 11) is 0. The maximum absolute atomic E-state index is 10.0. The third kappa shape index (κ3) is 3.83. The van der Waals surface area contributed by atoms with E-state index in [0.717, 1.165) is 21.4 Å². The predicted molar refractivity (Wildman–Crippen MR) is 112 cm³/mol. The monoisotopic (exact) mass is 417 g/mol. The van der Waals surface area contributed by atoms with Gasteiger partial charge in [-0.15, -0.1) is 0 Å². The second kappa shape index (κ2) is 7.60. The second-order valence-corrected chi connectivity index (χ2v) is 6.88. The zero-order valence-electron chi connectivity index (χ0n) is 14.3. The molecular weight excluding hydrogens is 402 g/mol. The maximum atomic E-state index is 10.0. The molecule has 0 radical (unpaired) electrons. The molecule has 1 heterocycles. The summed E-state index contributed by atoms with van der Waals surface area (Å²) in [5.41, 5.74) is 3.41. The van der Waals surface area contributed by atoms with E-state index in [4.69, 9.17) is 5.10 Å². The van der Waals surface area contributed by atoms with E-state index in [2.05, 4.69) is 20.9 Å². The number of aliphatic imine (C=N–C) groups is 1. The molecule has 132 valence electrons. The SMILES string of the molecule is Oc1ccc(Br)cc1/C=N/c1cc(-c2ccccc2)nn1-c1ccccc1. The van der Waals surface area contributed by atoms with Crippen LogP contribution in [-0.2, 0) is 0 Å². The minimum atomic E-state index is 0.177. The molecule has 5 heteroatoms. The summed E-state index contributed by atoms with van der Waals surface area (Å²) in [6.45, 7) is 0. The van der Waals surface area contributed by atoms with E-state index in [1.807, 2.05) is 72.8 Å². The first-order valence-electron chi connectivity index (χ1n) is 8.44. The number of hydrogen-bond donors (Lipinski definition) is 1. The third-order valence-electron chi connectivity index (χ3n) is 4.09. The van der Waals surface area contributed by atoms with Gasteiger partial charge in [-0.25, -0.2) is 9.67 Å². The molecule has 0 unspecified atom stereocenters. The van der Waals surface area contributed by atoms with E-state index in [1.165, 1.54) is 0 Å². The first-order valence-corrected chi connectivity index (χ1v) is 9.23. The van der Waals surface area contributed by atoms with E-state index in [1.54, 1.807) is 23.0 Å². The van der Waals surface area contributed by atoms with E-state index < -0.39 is 0 Å². The van der Waals surface area contributed by atoms with Gasteiger partial charge >= 0.3 is 0 Å². The van der Waals surface area contributed by atoms with Crippen LogP contribution in [-0.4, -0.2) is 21.1 Å². The van der Waals surface area contributed by atoms with E-state index in [0.29, 0.717) is 11.4 Å². The van der Waals surface area contributed by atoms with Gasteiger partial charge in [-0.05, 0) is 30.3 Å². The minimum Gasteiger partial charge on any atom is -0.507 e. The Labute approximate surface area is 165 Å². The number of para-hydroxylation sites is 1. The smallest absolute Gasteiger partial charge is 0.156 e. The fourth-order valence-corrected chi connectivity index (χ4v) is 3.12. The minimum absolute atomic E-state index is 0.177. The van der Waals surface area contributed by atoms with Gasteiger partial charge < -0.3 is 5.11 Å². The van der Waals surface area contributed by atoms with Gasteiger partial charge in [0.15, 0.2) is 5.82 Å². The summed E-state index contributed by atoms with van der Waals surface area (Å²) in [6.07, 6.45) is 1.64. The maximum Gasteiger partial charge on any atom is 0.156 e. The molecule has 4 rings (SSSR count). The molecule has 0 atom stereocenters. The summed E-state index contributed by atoms with van der Waals surface area (Å²) in [6, 6.07) is 27.0. The van der Waals surface area contributed by atoms with Gasteiger partial charge in [-0.3, -0.25) is 0 Å². The summed E-state index contributed by atoms with van der Waals surface area (Å²) in [4.78, 5) is 4.60. The molecule has 0 saturated heterocycles. The van der Waals surface area contributed by atoms with Crippen LogP contribution in [0.1, 0.15) is 5.56 Å². The average molecular weight is 418 g/mol. The summed E-state index contributed by atoms with van der Waals surface area (Å²) < 4.78 is 2.68. The van der Waals surface area contributed by atoms with Crippen LogP contribution in [0.5, 0.6) is 5.75 Å². The highest BCUT2D eigenvalue weighted by Crippen LogP contribution is 2.27. The number of phenols is 1. The topological polar surface area (TPSA) is 50.4 Å². The van der Waals surface area contributed by atoms with Crippen molar-refractivity contribution in [1.82, 2.24) is 9.78 Å². The van der Waals surface area contributed by atoms with Crippen molar-refractivity contribution >= 4 is 28.0 Å². The summed E-state index contributed by atoms with van der Waals surface area (Å²) >= 11 is 3.42. The molecule has 4 nitrogen and oxygen atoms in total. The number of hydrogen-bond acceptors (Lipinski definition) is 3. The molecule has 3 aromatic carbocycles. The molecule has 0 fully saturated rings. The number of aromatic nitrogens is 2. The Kier molecular flexibility index (Phi) is 4.85. The molecule has 0 saturated carbocycles. The zero-order chi connectivity index (χ0) is 18.6. The quantitative estimate of drug-likeness (QED) is 0.429. The Balaban J connectivity index is 1.80. The number of nitrogens with zero attached hydrogens (tertiary/aromatic N) is 3. The number of benzene rings is 3. The third-order valence-corrected chi connectivity index (χ3v) is 4.58. The van der Waals surface area contributed by atoms with Crippen LogP contribution in [0.3, 0.4) is 0 Å². The first kappa shape index (κ1) is 17.2. The van der Waals surface area contributed by atoms with Gasteiger partial charge in [0, 0.05) is 27.9 Å². The van der Waals surface area contributed by atoms with Gasteiger partial charge in [0.2, 0.25) is 0 Å². The lowest BCUT2D eigenvalue weighted by Gasteiger charge is -2.04. The lowest BCUT2D eigenvalue weighted by molar-refractivity contribution is 0.474. The van der Waals surface area contributed by atoms with Crippen molar-refractivity contribution in [2.24, 2.45) is 4.99 Å². The van der Waals surface area contributed by atoms with Crippen LogP contribution in [0.4, 0.5) is 5.82 Å². The highest BCUT2D eigenvalue weighted by molar-refractivity contribution is 9.10. The Morgan fingerprint density at radius 3 is 2.33 bits per heavy atom. The Bertz CT molecular complexity index is 1090. The van der Waals surface area contributed by atoms with E-state index in [9.17, 15) is 5.11 Å². The molecule has 0 amide bonds. The van der Waals surface area contributed by atoms with Crippen LogP contribution < -0.4 is 0 Å². The molecule has 1 N–H and O–H groups in total. The number of phenolic OH excluding ortho intramolecular Hbond substituents is 1. The predicted octanol–water partition coefficient (Wildman–Crippen LogP) is 5.76. The molecule has 4 aromatic rings. The Hall–Kier alpha value is -3.18. The normalized spacial score (nSPS) is 11.1. The molecule has 0 aliphatic carbocycles. The summed E-state index contributed by atoms with van der Waals surface area (Å²) in [5, 5.41) is 14.8. The van der Waals surface area contributed by atoms with Gasteiger partial charge in [0.05, 0.1) is 11.4 Å². The van der Waals surface area contributed by atoms with Gasteiger partial charge in [-0.2, -0.15) is 5.10 Å². The molecule has 0 spiro atoms. The lowest BCUT2D eigenvalue weighted by Crippen LogP contribution is -1.96. The molecule has 27 heavy (non-hydrogen) atoms. The molecule has 0 bridgehead atoms. The van der Waals surface area contributed by atoms with Crippen molar-refractivity contribution in [3.63, 3.8) is 0 Å². The molecule has 0 aliphatic heterocycles.